The number of aromatic nitrogens is 1. The van der Waals surface area contributed by atoms with Gasteiger partial charge in [0.25, 0.3) is 11.7 Å². The average Bonchev–Trinajstić information content (AvgIpc) is 3.14. The Morgan fingerprint density at radius 1 is 1.11 bits per heavy atom. The number of amides is 1. The summed E-state index contributed by atoms with van der Waals surface area (Å²) in [7, 11) is 5.80. The van der Waals surface area contributed by atoms with Crippen LogP contribution in [-0.4, -0.2) is 56.1 Å². The third-order valence-corrected chi connectivity index (χ3v) is 6.42. The van der Waals surface area contributed by atoms with Crippen LogP contribution in [0, 0.1) is 0 Å². The van der Waals surface area contributed by atoms with E-state index in [2.05, 4.69) is 4.98 Å². The lowest BCUT2D eigenvalue weighted by Gasteiger charge is -2.28. The second-order valence-corrected chi connectivity index (χ2v) is 8.82. The number of hydrogen-bond donors (Lipinski definition) is 1. The van der Waals surface area contributed by atoms with Crippen LogP contribution in [0.5, 0.6) is 5.75 Å². The number of aliphatic hydroxyl groups excluding tert-OH is 1. The number of anilines is 3. The molecule has 1 unspecified atom stereocenters. The van der Waals surface area contributed by atoms with Crippen LogP contribution in [0.4, 0.5) is 17.1 Å². The van der Waals surface area contributed by atoms with Crippen molar-refractivity contribution >= 4 is 34.5 Å². The molecule has 8 heteroatoms. The second-order valence-electron chi connectivity index (χ2n) is 8.82. The summed E-state index contributed by atoms with van der Waals surface area (Å²) in [5.74, 6) is -0.960. The molecule has 5 rings (SSSR count). The number of ketones is 1. The number of fused-ring (bicyclic) bond motifs is 1. The van der Waals surface area contributed by atoms with E-state index in [1.165, 1.54) is 4.90 Å². The maximum atomic E-state index is 13.3. The molecule has 2 aliphatic heterocycles. The molecule has 3 aromatic rings. The van der Waals surface area contributed by atoms with Gasteiger partial charge in [0.1, 0.15) is 18.1 Å². The predicted octanol–water partition coefficient (Wildman–Crippen LogP) is 3.60. The molecule has 0 saturated carbocycles. The first-order valence-corrected chi connectivity index (χ1v) is 11.3. The molecule has 0 bridgehead atoms. The third kappa shape index (κ3) is 3.86. The molecular weight excluding hydrogens is 444 g/mol. The first-order chi connectivity index (χ1) is 16.9. The summed E-state index contributed by atoms with van der Waals surface area (Å²) in [4.78, 5) is 36.3. The molecule has 3 heterocycles. The zero-order valence-electron chi connectivity index (χ0n) is 19.8. The lowest BCUT2D eigenvalue weighted by atomic mass is 9.95. The van der Waals surface area contributed by atoms with Gasteiger partial charge in [-0.3, -0.25) is 19.5 Å². The number of rotatable bonds is 4. The molecule has 0 spiro atoms. The summed E-state index contributed by atoms with van der Waals surface area (Å²) < 4.78 is 5.70. The minimum Gasteiger partial charge on any atom is -0.507 e. The van der Waals surface area contributed by atoms with Gasteiger partial charge >= 0.3 is 0 Å². The lowest BCUT2D eigenvalue weighted by Crippen LogP contribution is -2.29. The van der Waals surface area contributed by atoms with Gasteiger partial charge in [0, 0.05) is 50.5 Å². The number of carbonyl (C=O) groups excluding carboxylic acids is 2. The fourth-order valence-electron chi connectivity index (χ4n) is 4.52. The molecule has 1 amide bonds. The first kappa shape index (κ1) is 22.5. The Balaban J connectivity index is 1.66. The maximum absolute atomic E-state index is 13.3. The van der Waals surface area contributed by atoms with Crippen molar-refractivity contribution in [1.82, 2.24) is 4.98 Å². The van der Waals surface area contributed by atoms with Gasteiger partial charge < -0.3 is 19.6 Å². The summed E-state index contributed by atoms with van der Waals surface area (Å²) in [6.45, 7) is 1.29. The van der Waals surface area contributed by atoms with Crippen LogP contribution < -0.4 is 19.4 Å². The molecule has 1 atom stereocenters. The average molecular weight is 471 g/mol. The normalized spacial score (nSPS) is 18.9. The summed E-state index contributed by atoms with van der Waals surface area (Å²) in [6.07, 6.45) is 3.24. The second kappa shape index (κ2) is 8.79. The van der Waals surface area contributed by atoms with Crippen molar-refractivity contribution in [3.63, 3.8) is 0 Å². The number of carbonyl (C=O) groups is 2. The summed E-state index contributed by atoms with van der Waals surface area (Å²) in [5.41, 5.74) is 3.43. The number of Topliss-reactive ketones (excluding diaryl/α,β-unsaturated/α-hetero) is 1. The highest BCUT2D eigenvalue weighted by Crippen LogP contribution is 2.43. The van der Waals surface area contributed by atoms with Crippen LogP contribution in [0.25, 0.3) is 5.76 Å². The first-order valence-electron chi connectivity index (χ1n) is 11.3. The summed E-state index contributed by atoms with van der Waals surface area (Å²) in [6, 6.07) is 15.3. The fraction of sp³-hybridized carbons (Fsp3) is 0.222. The number of aliphatic hydroxyl groups is 1. The SMILES string of the molecule is CN(C)c1ccc(N2C(=O)C(=O)/C(=C(\O)c3ccc4c(c3)N(C)CCO4)C2c2cccnc2)cc1. The quantitative estimate of drug-likeness (QED) is 0.354. The smallest absolute Gasteiger partial charge is 0.300 e. The van der Waals surface area contributed by atoms with Crippen LogP contribution in [0.1, 0.15) is 17.2 Å². The molecular formula is C27H26N4O4. The van der Waals surface area contributed by atoms with Crippen LogP contribution in [0.3, 0.4) is 0 Å². The van der Waals surface area contributed by atoms with Gasteiger partial charge in [-0.25, -0.2) is 0 Å². The van der Waals surface area contributed by atoms with Crippen molar-refractivity contribution < 1.29 is 19.4 Å². The van der Waals surface area contributed by atoms with E-state index in [0.717, 1.165) is 11.4 Å². The van der Waals surface area contributed by atoms with Gasteiger partial charge in [-0.05, 0) is 54.1 Å². The van der Waals surface area contributed by atoms with Gasteiger partial charge in [0.2, 0.25) is 0 Å². The Bertz CT molecular complexity index is 1320. The van der Waals surface area contributed by atoms with E-state index < -0.39 is 17.7 Å². The minimum absolute atomic E-state index is 0.0269. The topological polar surface area (TPSA) is 86.2 Å². The van der Waals surface area contributed by atoms with E-state index in [1.807, 2.05) is 43.1 Å². The molecule has 1 fully saturated rings. The van der Waals surface area contributed by atoms with E-state index >= 15 is 0 Å². The van der Waals surface area contributed by atoms with Crippen LogP contribution in [-0.2, 0) is 9.59 Å². The Kier molecular flexibility index (Phi) is 5.64. The Labute approximate surface area is 203 Å². The van der Waals surface area contributed by atoms with Crippen LogP contribution in [0.15, 0.2) is 72.6 Å². The number of pyridine rings is 1. The van der Waals surface area contributed by atoms with Crippen molar-refractivity contribution in [3.8, 4) is 5.75 Å². The highest BCUT2D eigenvalue weighted by Gasteiger charge is 2.47. The Morgan fingerprint density at radius 2 is 1.89 bits per heavy atom. The standard InChI is InChI=1S/C27H26N4O4/c1-29(2)19-7-9-20(10-8-19)31-24(18-5-4-12-28-16-18)23(26(33)27(31)34)25(32)17-6-11-22-21(15-17)30(3)13-14-35-22/h4-12,15-16,24,32H,13-14H2,1-3H3/b25-23-. The highest BCUT2D eigenvalue weighted by atomic mass is 16.5. The van der Waals surface area contributed by atoms with Gasteiger partial charge in [0.15, 0.2) is 0 Å². The molecule has 1 saturated heterocycles. The largest absolute Gasteiger partial charge is 0.507 e. The number of hydrogen-bond acceptors (Lipinski definition) is 7. The van der Waals surface area contributed by atoms with Crippen molar-refractivity contribution in [1.29, 1.82) is 0 Å². The monoisotopic (exact) mass is 470 g/mol. The summed E-state index contributed by atoms with van der Waals surface area (Å²) in [5, 5.41) is 11.4. The molecule has 178 valence electrons. The minimum atomic E-state index is -0.820. The van der Waals surface area contributed by atoms with Gasteiger partial charge in [-0.2, -0.15) is 0 Å². The molecule has 0 aliphatic carbocycles. The Hall–Kier alpha value is -4.33. The lowest BCUT2D eigenvalue weighted by molar-refractivity contribution is -0.132. The van der Waals surface area contributed by atoms with Gasteiger partial charge in [-0.15, -0.1) is 0 Å². The number of nitrogens with zero attached hydrogens (tertiary/aromatic N) is 4. The van der Waals surface area contributed by atoms with E-state index in [-0.39, 0.29) is 11.3 Å². The van der Waals surface area contributed by atoms with Crippen molar-refractivity contribution in [3.05, 3.63) is 83.7 Å². The van der Waals surface area contributed by atoms with Crippen molar-refractivity contribution in [2.24, 2.45) is 0 Å². The number of benzene rings is 2. The molecule has 0 radical (unpaired) electrons. The number of ether oxygens (including phenoxy) is 1. The molecule has 8 nitrogen and oxygen atoms in total. The molecule has 2 aliphatic rings. The zero-order valence-corrected chi connectivity index (χ0v) is 19.8. The van der Waals surface area contributed by atoms with E-state index in [0.29, 0.717) is 35.7 Å². The van der Waals surface area contributed by atoms with Crippen molar-refractivity contribution in [2.45, 2.75) is 6.04 Å². The third-order valence-electron chi connectivity index (χ3n) is 6.42. The van der Waals surface area contributed by atoms with Crippen LogP contribution >= 0.6 is 0 Å². The van der Waals surface area contributed by atoms with E-state index in [4.69, 9.17) is 4.74 Å². The predicted molar refractivity (Wildman–Crippen MR) is 135 cm³/mol. The van der Waals surface area contributed by atoms with Gasteiger partial charge in [0.05, 0.1) is 23.8 Å². The summed E-state index contributed by atoms with van der Waals surface area (Å²) >= 11 is 0. The Morgan fingerprint density at radius 3 is 2.57 bits per heavy atom. The van der Waals surface area contributed by atoms with Gasteiger partial charge in [-0.1, -0.05) is 6.07 Å². The van der Waals surface area contributed by atoms with Crippen molar-refractivity contribution in [2.75, 3.05) is 49.0 Å². The molecule has 35 heavy (non-hydrogen) atoms. The van der Waals surface area contributed by atoms with E-state index in [1.54, 1.807) is 54.9 Å². The fourth-order valence-corrected chi connectivity index (χ4v) is 4.52. The van der Waals surface area contributed by atoms with Crippen LogP contribution in [0.2, 0.25) is 0 Å². The molecule has 1 aromatic heterocycles. The molecule has 1 N–H and O–H groups in total. The van der Waals surface area contributed by atoms with E-state index in [9.17, 15) is 14.7 Å². The maximum Gasteiger partial charge on any atom is 0.300 e. The number of likely N-dealkylation sites (N-methyl/N-ethyl adjacent to an activating group) is 1. The highest BCUT2D eigenvalue weighted by molar-refractivity contribution is 6.51. The zero-order chi connectivity index (χ0) is 24.7. The molecule has 2 aromatic carbocycles.